The number of rotatable bonds is 5. The van der Waals surface area contributed by atoms with Crippen LogP contribution in [0, 0.1) is 0 Å². The fraction of sp³-hybridized carbons (Fsp3) is 0.182. The maximum absolute atomic E-state index is 13.0. The Kier molecular flexibility index (Phi) is 5.52. The van der Waals surface area contributed by atoms with Crippen molar-refractivity contribution >= 4 is 0 Å². The van der Waals surface area contributed by atoms with Crippen molar-refractivity contribution in [3.05, 3.63) is 82.8 Å². The highest BCUT2D eigenvalue weighted by Crippen LogP contribution is 2.32. The minimum absolute atomic E-state index is 0.0276. The highest BCUT2D eigenvalue weighted by Gasteiger charge is 2.31. The van der Waals surface area contributed by atoms with E-state index in [4.69, 9.17) is 4.74 Å². The van der Waals surface area contributed by atoms with Gasteiger partial charge in [-0.3, -0.25) is 4.79 Å². The number of hydrogen-bond acceptors (Lipinski definition) is 5. The van der Waals surface area contributed by atoms with Crippen LogP contribution in [0.2, 0.25) is 0 Å². The van der Waals surface area contributed by atoms with E-state index < -0.39 is 11.7 Å². The Bertz CT molecular complexity index is 1300. The van der Waals surface area contributed by atoms with Gasteiger partial charge in [-0.1, -0.05) is 18.2 Å². The van der Waals surface area contributed by atoms with Gasteiger partial charge >= 0.3 is 6.18 Å². The topological polar surface area (TPSA) is 74.8 Å². The second-order valence-corrected chi connectivity index (χ2v) is 7.19. The number of halogens is 3. The molecule has 0 aliphatic heterocycles. The van der Waals surface area contributed by atoms with E-state index >= 15 is 0 Å². The molecule has 0 N–H and O–H groups in total. The van der Waals surface area contributed by atoms with Gasteiger partial charge in [-0.2, -0.15) is 18.3 Å². The Labute approximate surface area is 180 Å². The summed E-state index contributed by atoms with van der Waals surface area (Å²) in [5, 5.41) is 8.81. The molecule has 4 aromatic rings. The van der Waals surface area contributed by atoms with E-state index in [0.717, 1.165) is 18.3 Å². The van der Waals surface area contributed by atoms with Crippen molar-refractivity contribution in [3.8, 4) is 28.8 Å². The van der Waals surface area contributed by atoms with Crippen LogP contribution in [0.15, 0.2) is 71.7 Å². The second kappa shape index (κ2) is 8.29. The van der Waals surface area contributed by atoms with Gasteiger partial charge in [0.1, 0.15) is 5.69 Å². The first-order chi connectivity index (χ1) is 15.2. The minimum Gasteiger partial charge on any atom is -0.419 e. The summed E-state index contributed by atoms with van der Waals surface area (Å²) in [5.41, 5.74) is 0.489. The minimum atomic E-state index is -4.52. The lowest BCUT2D eigenvalue weighted by Crippen LogP contribution is -2.24. The molecule has 1 aromatic carbocycles. The molecule has 0 unspecified atom stereocenters. The van der Waals surface area contributed by atoms with Gasteiger partial charge < -0.3 is 4.74 Å². The second-order valence-electron chi connectivity index (χ2n) is 7.19. The van der Waals surface area contributed by atoms with E-state index in [2.05, 4.69) is 15.2 Å². The Hall–Kier alpha value is -3.95. The summed E-state index contributed by atoms with van der Waals surface area (Å²) in [5.74, 6) is -0.219. The predicted octanol–water partition coefficient (Wildman–Crippen LogP) is 4.88. The molecule has 0 atom stereocenters. The summed E-state index contributed by atoms with van der Waals surface area (Å²) in [6, 6.07) is 15.1. The van der Waals surface area contributed by atoms with Gasteiger partial charge in [0.15, 0.2) is 0 Å². The molecule has 32 heavy (non-hydrogen) atoms. The third-order valence-corrected chi connectivity index (χ3v) is 4.54. The molecule has 0 spiro atoms. The molecule has 0 aliphatic rings. The summed E-state index contributed by atoms with van der Waals surface area (Å²) >= 11 is 0. The van der Waals surface area contributed by atoms with Crippen LogP contribution in [0.25, 0.3) is 17.1 Å². The number of alkyl halides is 3. The summed E-state index contributed by atoms with van der Waals surface area (Å²) < 4.78 is 47.5. The Morgan fingerprint density at radius 1 is 0.938 bits per heavy atom. The summed E-state index contributed by atoms with van der Waals surface area (Å²) in [7, 11) is 0. The van der Waals surface area contributed by atoms with Gasteiger partial charge in [-0.05, 0) is 38.1 Å². The van der Waals surface area contributed by atoms with Crippen molar-refractivity contribution in [3.63, 3.8) is 0 Å². The average molecular weight is 441 g/mol. The van der Waals surface area contributed by atoms with Crippen LogP contribution in [0.4, 0.5) is 13.2 Å². The van der Waals surface area contributed by atoms with Gasteiger partial charge in [0.2, 0.25) is 11.8 Å². The zero-order chi connectivity index (χ0) is 22.9. The lowest BCUT2D eigenvalue weighted by molar-refractivity contribution is -0.137. The number of hydrogen-bond donors (Lipinski definition) is 0. The molecule has 4 rings (SSSR count). The third-order valence-electron chi connectivity index (χ3n) is 4.54. The molecule has 0 saturated carbocycles. The van der Waals surface area contributed by atoms with Gasteiger partial charge in [0.05, 0.1) is 23.0 Å². The standard InChI is InChI=1S/C22H18F3N5O2/c1-14(2)29-21(31)9-8-17(27-29)18-13-20(28-30(18)16-6-4-3-5-7-16)32-19-12-15(10-11-26-19)22(23,24)25/h3-14H,1-2H3. The molecule has 10 heteroatoms. The van der Waals surface area contributed by atoms with E-state index in [0.29, 0.717) is 17.1 Å². The van der Waals surface area contributed by atoms with Crippen LogP contribution in [0.3, 0.4) is 0 Å². The van der Waals surface area contributed by atoms with E-state index in [-0.39, 0.29) is 23.4 Å². The zero-order valence-corrected chi connectivity index (χ0v) is 17.1. The molecule has 0 amide bonds. The van der Waals surface area contributed by atoms with Crippen LogP contribution in [-0.2, 0) is 6.18 Å². The van der Waals surface area contributed by atoms with Crippen molar-refractivity contribution in [2.24, 2.45) is 0 Å². The van der Waals surface area contributed by atoms with E-state index in [1.807, 2.05) is 32.0 Å². The van der Waals surface area contributed by atoms with Crippen LogP contribution in [0.1, 0.15) is 25.5 Å². The van der Waals surface area contributed by atoms with Crippen molar-refractivity contribution in [2.45, 2.75) is 26.1 Å². The number of ether oxygens (including phenoxy) is 1. The zero-order valence-electron chi connectivity index (χ0n) is 17.1. The largest absolute Gasteiger partial charge is 0.419 e. The lowest BCUT2D eigenvalue weighted by Gasteiger charge is -2.11. The Balaban J connectivity index is 1.80. The predicted molar refractivity (Wildman–Crippen MR) is 111 cm³/mol. The molecule has 0 saturated heterocycles. The first kappa shape index (κ1) is 21.3. The maximum atomic E-state index is 13.0. The normalized spacial score (nSPS) is 11.7. The molecule has 0 fully saturated rings. The molecule has 7 nitrogen and oxygen atoms in total. The van der Waals surface area contributed by atoms with Crippen molar-refractivity contribution in [2.75, 3.05) is 0 Å². The fourth-order valence-corrected chi connectivity index (χ4v) is 3.04. The van der Waals surface area contributed by atoms with E-state index in [1.165, 1.54) is 16.8 Å². The molecule has 164 valence electrons. The number of pyridine rings is 1. The number of aromatic nitrogens is 5. The molecule has 3 aromatic heterocycles. The van der Waals surface area contributed by atoms with Crippen molar-refractivity contribution in [1.82, 2.24) is 24.5 Å². The van der Waals surface area contributed by atoms with Crippen LogP contribution in [-0.4, -0.2) is 24.5 Å². The fourth-order valence-electron chi connectivity index (χ4n) is 3.04. The molecule has 3 heterocycles. The number of para-hydroxylation sites is 1. The molecule has 0 aliphatic carbocycles. The SMILES string of the molecule is CC(C)n1nc(-c2cc(Oc3cc(C(F)(F)F)ccn3)nn2-c2ccccc2)ccc1=O. The smallest absolute Gasteiger partial charge is 0.416 e. The average Bonchev–Trinajstić information content (AvgIpc) is 3.18. The first-order valence-electron chi connectivity index (χ1n) is 9.69. The highest BCUT2D eigenvalue weighted by atomic mass is 19.4. The molecule has 0 bridgehead atoms. The Morgan fingerprint density at radius 3 is 2.38 bits per heavy atom. The molecular formula is C22H18F3N5O2. The van der Waals surface area contributed by atoms with Gasteiger partial charge in [-0.25, -0.2) is 14.3 Å². The molecular weight excluding hydrogens is 423 g/mol. The molecule has 0 radical (unpaired) electrons. The first-order valence-corrected chi connectivity index (χ1v) is 9.69. The van der Waals surface area contributed by atoms with Crippen molar-refractivity contribution in [1.29, 1.82) is 0 Å². The van der Waals surface area contributed by atoms with Crippen LogP contribution in [0.5, 0.6) is 11.8 Å². The summed E-state index contributed by atoms with van der Waals surface area (Å²) in [4.78, 5) is 16.0. The quantitative estimate of drug-likeness (QED) is 0.441. The lowest BCUT2D eigenvalue weighted by atomic mass is 10.2. The number of benzene rings is 1. The van der Waals surface area contributed by atoms with Crippen LogP contribution >= 0.6 is 0 Å². The Morgan fingerprint density at radius 2 is 1.69 bits per heavy atom. The van der Waals surface area contributed by atoms with Gasteiger partial charge in [0, 0.05) is 24.4 Å². The van der Waals surface area contributed by atoms with E-state index in [1.54, 1.807) is 22.9 Å². The van der Waals surface area contributed by atoms with Crippen LogP contribution < -0.4 is 10.3 Å². The summed E-state index contributed by atoms with van der Waals surface area (Å²) in [6.07, 6.45) is -3.50. The number of nitrogens with zero attached hydrogens (tertiary/aromatic N) is 5. The van der Waals surface area contributed by atoms with Gasteiger partial charge in [0.25, 0.3) is 5.56 Å². The van der Waals surface area contributed by atoms with Crippen molar-refractivity contribution < 1.29 is 17.9 Å². The van der Waals surface area contributed by atoms with E-state index in [9.17, 15) is 18.0 Å². The maximum Gasteiger partial charge on any atom is 0.416 e. The third kappa shape index (κ3) is 4.39. The monoisotopic (exact) mass is 441 g/mol. The van der Waals surface area contributed by atoms with Gasteiger partial charge in [-0.15, -0.1) is 5.10 Å². The highest BCUT2D eigenvalue weighted by molar-refractivity contribution is 5.59. The summed E-state index contributed by atoms with van der Waals surface area (Å²) in [6.45, 7) is 3.67.